The highest BCUT2D eigenvalue weighted by atomic mass is 32.2. The van der Waals surface area contributed by atoms with Gasteiger partial charge >= 0.3 is 0 Å². The van der Waals surface area contributed by atoms with Crippen LogP contribution in [0.1, 0.15) is 16.6 Å². The van der Waals surface area contributed by atoms with Gasteiger partial charge in [-0.1, -0.05) is 11.8 Å². The van der Waals surface area contributed by atoms with Crippen molar-refractivity contribution in [1.29, 1.82) is 0 Å². The Morgan fingerprint density at radius 2 is 1.97 bits per heavy atom. The number of aromatic nitrogens is 3. The Labute approximate surface area is 172 Å². The predicted octanol–water partition coefficient (Wildman–Crippen LogP) is 2.56. The molecular weight excluding hydrogens is 390 g/mol. The lowest BCUT2D eigenvalue weighted by Crippen LogP contribution is -2.50. The van der Waals surface area contributed by atoms with Crippen LogP contribution in [-0.4, -0.2) is 64.1 Å². The molecule has 0 saturated carbocycles. The van der Waals surface area contributed by atoms with Gasteiger partial charge in [0.05, 0.1) is 19.4 Å². The molecule has 8 nitrogen and oxygen atoms in total. The molecule has 0 spiro atoms. The Hall–Kier alpha value is -2.78. The van der Waals surface area contributed by atoms with E-state index in [1.807, 2.05) is 24.3 Å². The summed E-state index contributed by atoms with van der Waals surface area (Å²) in [5.74, 6) is 1.62. The molecule has 2 aromatic heterocycles. The van der Waals surface area contributed by atoms with Crippen LogP contribution in [0.4, 0.5) is 5.69 Å². The van der Waals surface area contributed by atoms with E-state index in [0.29, 0.717) is 5.16 Å². The lowest BCUT2D eigenvalue weighted by Gasteiger charge is -2.40. The standard InChI is InChI=1S/C20H21N5O3S/c1-27-15-6-4-14(5-7-15)23-8-10-24(11-9-23)17(16-3-2-12-28-16)18-19(26)25-20(29-18)21-13-22-25/h2-7,12-13,17-18H,8-11H2,1H3. The van der Waals surface area contributed by atoms with Gasteiger partial charge in [-0.3, -0.25) is 9.69 Å². The number of fused-ring (bicyclic) bond motifs is 1. The van der Waals surface area contributed by atoms with Crippen molar-refractivity contribution in [1.82, 2.24) is 19.7 Å². The third-order valence-corrected chi connectivity index (χ3v) is 6.67. The monoisotopic (exact) mass is 411 g/mol. The number of nitrogens with zero attached hydrogens (tertiary/aromatic N) is 5. The first-order chi connectivity index (χ1) is 14.2. The number of furan rings is 1. The second kappa shape index (κ2) is 7.57. The number of piperazine rings is 1. The molecule has 5 rings (SSSR count). The van der Waals surface area contributed by atoms with Gasteiger partial charge in [0, 0.05) is 31.9 Å². The predicted molar refractivity (Wildman–Crippen MR) is 109 cm³/mol. The molecule has 3 aromatic rings. The molecule has 29 heavy (non-hydrogen) atoms. The summed E-state index contributed by atoms with van der Waals surface area (Å²) in [6, 6.07) is 11.8. The quantitative estimate of drug-likeness (QED) is 0.634. The first kappa shape index (κ1) is 18.3. The van der Waals surface area contributed by atoms with Gasteiger partial charge in [0.15, 0.2) is 5.16 Å². The van der Waals surface area contributed by atoms with E-state index in [4.69, 9.17) is 9.15 Å². The van der Waals surface area contributed by atoms with Gasteiger partial charge in [0.2, 0.25) is 0 Å². The van der Waals surface area contributed by atoms with E-state index in [0.717, 1.165) is 37.7 Å². The fraction of sp³-hybridized carbons (Fsp3) is 0.350. The van der Waals surface area contributed by atoms with E-state index in [-0.39, 0.29) is 17.2 Å². The topological polar surface area (TPSA) is 76.6 Å². The second-order valence-corrected chi connectivity index (χ2v) is 8.12. The van der Waals surface area contributed by atoms with Gasteiger partial charge in [-0.25, -0.2) is 4.98 Å². The molecule has 9 heteroatoms. The Kier molecular flexibility index (Phi) is 4.76. The summed E-state index contributed by atoms with van der Waals surface area (Å²) in [6.07, 6.45) is 3.09. The highest BCUT2D eigenvalue weighted by Gasteiger charge is 2.44. The van der Waals surface area contributed by atoms with Crippen LogP contribution in [-0.2, 0) is 0 Å². The van der Waals surface area contributed by atoms with E-state index in [9.17, 15) is 4.79 Å². The number of ether oxygens (including phenoxy) is 1. The number of anilines is 1. The smallest absolute Gasteiger partial charge is 0.265 e. The molecule has 0 radical (unpaired) electrons. The van der Waals surface area contributed by atoms with E-state index in [1.54, 1.807) is 13.4 Å². The fourth-order valence-corrected chi connectivity index (χ4v) is 5.19. The third kappa shape index (κ3) is 3.30. The molecule has 1 fully saturated rings. The van der Waals surface area contributed by atoms with Crippen LogP contribution in [0.5, 0.6) is 5.75 Å². The molecule has 0 bridgehead atoms. The van der Waals surface area contributed by atoms with Crippen molar-refractivity contribution < 1.29 is 13.9 Å². The zero-order chi connectivity index (χ0) is 19.8. The van der Waals surface area contributed by atoms with E-state index >= 15 is 0 Å². The summed E-state index contributed by atoms with van der Waals surface area (Å²) in [4.78, 5) is 21.8. The maximum absolute atomic E-state index is 12.9. The molecule has 0 amide bonds. The first-order valence-electron chi connectivity index (χ1n) is 9.52. The number of carbonyl (C=O) groups excluding carboxylic acids is 1. The number of methoxy groups -OCH3 is 1. The largest absolute Gasteiger partial charge is 0.497 e. The van der Waals surface area contributed by atoms with Crippen molar-refractivity contribution in [2.24, 2.45) is 0 Å². The minimum Gasteiger partial charge on any atom is -0.497 e. The number of benzene rings is 1. The van der Waals surface area contributed by atoms with Gasteiger partial charge in [-0.2, -0.15) is 9.78 Å². The van der Waals surface area contributed by atoms with Crippen molar-refractivity contribution in [3.63, 3.8) is 0 Å². The Morgan fingerprint density at radius 3 is 2.62 bits per heavy atom. The van der Waals surface area contributed by atoms with Crippen molar-refractivity contribution in [3.8, 4) is 5.75 Å². The summed E-state index contributed by atoms with van der Waals surface area (Å²) < 4.78 is 12.4. The van der Waals surface area contributed by atoms with Gasteiger partial charge in [0.25, 0.3) is 5.91 Å². The summed E-state index contributed by atoms with van der Waals surface area (Å²) in [5, 5.41) is 4.40. The van der Waals surface area contributed by atoms with E-state index in [1.165, 1.54) is 28.5 Å². The Balaban J connectivity index is 1.33. The zero-order valence-electron chi connectivity index (χ0n) is 16.0. The molecule has 150 valence electrons. The van der Waals surface area contributed by atoms with Crippen LogP contribution < -0.4 is 9.64 Å². The second-order valence-electron chi connectivity index (χ2n) is 7.01. The lowest BCUT2D eigenvalue weighted by atomic mass is 10.1. The molecule has 0 aliphatic carbocycles. The summed E-state index contributed by atoms with van der Waals surface area (Å²) in [6.45, 7) is 3.41. The minimum absolute atomic E-state index is 0.0403. The minimum atomic E-state index is -0.315. The van der Waals surface area contributed by atoms with Gasteiger partial charge in [-0.05, 0) is 36.4 Å². The normalized spacial score (nSPS) is 20.7. The maximum Gasteiger partial charge on any atom is 0.265 e. The molecule has 2 aliphatic heterocycles. The summed E-state index contributed by atoms with van der Waals surface area (Å²) >= 11 is 1.46. The van der Waals surface area contributed by atoms with E-state index < -0.39 is 0 Å². The average Bonchev–Trinajstić information content (AvgIpc) is 3.50. The van der Waals surface area contributed by atoms with Crippen molar-refractivity contribution in [3.05, 3.63) is 54.7 Å². The lowest BCUT2D eigenvalue weighted by molar-refractivity contribution is 0.0813. The third-order valence-electron chi connectivity index (χ3n) is 5.47. The molecule has 0 N–H and O–H groups in total. The van der Waals surface area contributed by atoms with Crippen LogP contribution in [0.15, 0.2) is 58.6 Å². The van der Waals surface area contributed by atoms with Crippen LogP contribution in [0.2, 0.25) is 0 Å². The average molecular weight is 411 g/mol. The highest BCUT2D eigenvalue weighted by Crippen LogP contribution is 2.41. The number of hydrogen-bond donors (Lipinski definition) is 0. The molecule has 1 saturated heterocycles. The van der Waals surface area contributed by atoms with E-state index in [2.05, 4.69) is 32.0 Å². The van der Waals surface area contributed by atoms with Crippen LogP contribution in [0.25, 0.3) is 0 Å². The number of hydrogen-bond acceptors (Lipinski definition) is 8. The molecule has 2 unspecified atom stereocenters. The van der Waals surface area contributed by atoms with Crippen molar-refractivity contribution in [2.45, 2.75) is 16.4 Å². The van der Waals surface area contributed by atoms with Crippen molar-refractivity contribution >= 4 is 23.4 Å². The molecule has 1 aromatic carbocycles. The van der Waals surface area contributed by atoms with Crippen LogP contribution >= 0.6 is 11.8 Å². The summed E-state index contributed by atoms with van der Waals surface area (Å²) in [5.41, 5.74) is 1.18. The number of carbonyl (C=O) groups is 1. The molecule has 2 aliphatic rings. The molecule has 2 atom stereocenters. The Morgan fingerprint density at radius 1 is 1.17 bits per heavy atom. The van der Waals surface area contributed by atoms with Crippen LogP contribution in [0, 0.1) is 0 Å². The SMILES string of the molecule is COc1ccc(N2CCN(C(c3ccco3)C3Sc4ncnn4C3=O)CC2)cc1. The fourth-order valence-electron chi connectivity index (χ4n) is 3.98. The van der Waals surface area contributed by atoms with Gasteiger partial charge < -0.3 is 14.1 Å². The molecular formula is C20H21N5O3S. The van der Waals surface area contributed by atoms with Crippen molar-refractivity contribution in [2.75, 3.05) is 38.2 Å². The molecule has 4 heterocycles. The van der Waals surface area contributed by atoms with Gasteiger partial charge in [0.1, 0.15) is 23.1 Å². The highest BCUT2D eigenvalue weighted by molar-refractivity contribution is 8.00. The van der Waals surface area contributed by atoms with Gasteiger partial charge in [-0.15, -0.1) is 0 Å². The van der Waals surface area contributed by atoms with Crippen LogP contribution in [0.3, 0.4) is 0 Å². The zero-order valence-corrected chi connectivity index (χ0v) is 16.8. The maximum atomic E-state index is 12.9. The summed E-state index contributed by atoms with van der Waals surface area (Å²) in [7, 11) is 1.67. The first-order valence-corrected chi connectivity index (χ1v) is 10.4. The number of rotatable bonds is 5. The Bertz CT molecular complexity index is 980. The number of thioether (sulfide) groups is 1.